The summed E-state index contributed by atoms with van der Waals surface area (Å²) in [4.78, 5) is 11.3. The van der Waals surface area contributed by atoms with Gasteiger partial charge in [-0.15, -0.1) is 0 Å². The van der Waals surface area contributed by atoms with Gasteiger partial charge in [-0.25, -0.2) is 0 Å². The van der Waals surface area contributed by atoms with Crippen LogP contribution >= 0.6 is 11.8 Å². The fourth-order valence-electron chi connectivity index (χ4n) is 1.06. The van der Waals surface area contributed by atoms with Gasteiger partial charge >= 0.3 is 0 Å². The van der Waals surface area contributed by atoms with E-state index in [9.17, 15) is 4.79 Å². The molecule has 0 saturated carbocycles. The van der Waals surface area contributed by atoms with Gasteiger partial charge in [-0.05, 0) is 18.1 Å². The number of rotatable bonds is 9. The van der Waals surface area contributed by atoms with Gasteiger partial charge in [0.15, 0.2) is 0 Å². The number of carbonyl (C=O) groups excluding carboxylic acids is 1. The molecule has 0 aromatic heterocycles. The summed E-state index contributed by atoms with van der Waals surface area (Å²) < 4.78 is 0. The maximum atomic E-state index is 11.3. The Hall–Kier alpha value is -0.220. The third-order valence-corrected chi connectivity index (χ3v) is 3.32. The number of nitrogens with one attached hydrogen (secondary N) is 1. The van der Waals surface area contributed by atoms with E-state index in [2.05, 4.69) is 19.2 Å². The summed E-state index contributed by atoms with van der Waals surface area (Å²) >= 11 is 1.77. The van der Waals surface area contributed by atoms with E-state index in [0.717, 1.165) is 30.9 Å². The summed E-state index contributed by atoms with van der Waals surface area (Å²) in [6.45, 7) is 5.19. The third kappa shape index (κ3) is 10.1. The lowest BCUT2D eigenvalue weighted by atomic mass is 10.1. The molecule has 0 fully saturated rings. The Kier molecular flexibility index (Phi) is 10.2. The van der Waals surface area contributed by atoms with Crippen LogP contribution in [0.1, 0.15) is 33.1 Å². The number of hydrogen-bond donors (Lipinski definition) is 2. The Morgan fingerprint density at radius 1 is 1.47 bits per heavy atom. The smallest absolute Gasteiger partial charge is 0.220 e. The van der Waals surface area contributed by atoms with Crippen LogP contribution in [-0.2, 0) is 4.79 Å². The molecule has 1 unspecified atom stereocenters. The second-order valence-electron chi connectivity index (χ2n) is 3.76. The molecule has 4 heteroatoms. The molecule has 3 nitrogen and oxygen atoms in total. The predicted molar refractivity (Wildman–Crippen MR) is 66.1 cm³/mol. The molecular formula is C11H23NO2S. The van der Waals surface area contributed by atoms with Gasteiger partial charge in [-0.3, -0.25) is 4.79 Å². The van der Waals surface area contributed by atoms with Crippen LogP contribution in [0.4, 0.5) is 0 Å². The molecule has 90 valence electrons. The van der Waals surface area contributed by atoms with E-state index >= 15 is 0 Å². The Bertz CT molecular complexity index is 165. The molecule has 0 aromatic rings. The molecule has 0 aromatic carbocycles. The zero-order chi connectivity index (χ0) is 11.5. The topological polar surface area (TPSA) is 49.3 Å². The summed E-state index contributed by atoms with van der Waals surface area (Å²) in [6.07, 6.45) is 2.53. The summed E-state index contributed by atoms with van der Waals surface area (Å²) in [7, 11) is 0. The molecule has 0 bridgehead atoms. The van der Waals surface area contributed by atoms with Gasteiger partial charge in [-0.2, -0.15) is 11.8 Å². The van der Waals surface area contributed by atoms with E-state index in [1.54, 1.807) is 11.8 Å². The van der Waals surface area contributed by atoms with Gasteiger partial charge in [0.1, 0.15) is 0 Å². The van der Waals surface area contributed by atoms with Crippen molar-refractivity contribution in [3.63, 3.8) is 0 Å². The molecule has 0 rings (SSSR count). The zero-order valence-corrected chi connectivity index (χ0v) is 10.6. The molecule has 0 radical (unpaired) electrons. The van der Waals surface area contributed by atoms with Crippen molar-refractivity contribution >= 4 is 17.7 Å². The van der Waals surface area contributed by atoms with Gasteiger partial charge in [0, 0.05) is 25.3 Å². The second kappa shape index (κ2) is 10.3. The molecule has 2 N–H and O–H groups in total. The van der Waals surface area contributed by atoms with E-state index in [-0.39, 0.29) is 12.5 Å². The first kappa shape index (κ1) is 14.8. The molecule has 1 amide bonds. The molecular weight excluding hydrogens is 210 g/mol. The maximum absolute atomic E-state index is 11.3. The van der Waals surface area contributed by atoms with Crippen molar-refractivity contribution in [3.05, 3.63) is 0 Å². The van der Waals surface area contributed by atoms with Crippen LogP contribution in [0.25, 0.3) is 0 Å². The number of thioether (sulfide) groups is 1. The Balaban J connectivity index is 3.24. The second-order valence-corrected chi connectivity index (χ2v) is 4.98. The lowest BCUT2D eigenvalue weighted by Gasteiger charge is -2.08. The van der Waals surface area contributed by atoms with Crippen molar-refractivity contribution in [1.29, 1.82) is 0 Å². The number of hydrogen-bond acceptors (Lipinski definition) is 3. The summed E-state index contributed by atoms with van der Waals surface area (Å²) in [5.74, 6) is 2.54. The largest absolute Gasteiger partial charge is 0.396 e. The quantitative estimate of drug-likeness (QED) is 0.595. The Labute approximate surface area is 97.0 Å². The number of amides is 1. The number of aliphatic hydroxyl groups excluding tert-OH is 1. The van der Waals surface area contributed by atoms with Crippen molar-refractivity contribution in [2.75, 3.05) is 24.7 Å². The van der Waals surface area contributed by atoms with Crippen molar-refractivity contribution in [1.82, 2.24) is 5.32 Å². The lowest BCUT2D eigenvalue weighted by Crippen LogP contribution is -2.27. The highest BCUT2D eigenvalue weighted by Gasteiger charge is 2.05. The van der Waals surface area contributed by atoms with Gasteiger partial charge in [0.25, 0.3) is 0 Å². The Morgan fingerprint density at radius 3 is 2.80 bits per heavy atom. The average molecular weight is 233 g/mol. The summed E-state index contributed by atoms with van der Waals surface area (Å²) in [6, 6.07) is 0. The minimum absolute atomic E-state index is 0.159. The third-order valence-electron chi connectivity index (χ3n) is 2.25. The molecule has 0 aliphatic rings. The lowest BCUT2D eigenvalue weighted by molar-refractivity contribution is -0.121. The Morgan fingerprint density at radius 2 is 2.20 bits per heavy atom. The molecule has 0 aliphatic carbocycles. The molecule has 0 heterocycles. The highest BCUT2D eigenvalue weighted by Crippen LogP contribution is 2.05. The van der Waals surface area contributed by atoms with E-state index in [4.69, 9.17) is 5.11 Å². The van der Waals surface area contributed by atoms with Gasteiger partial charge in [0.05, 0.1) is 0 Å². The molecule has 0 spiro atoms. The van der Waals surface area contributed by atoms with E-state index in [1.807, 2.05) is 0 Å². The van der Waals surface area contributed by atoms with Crippen LogP contribution in [0.5, 0.6) is 0 Å². The fraction of sp³-hybridized carbons (Fsp3) is 0.909. The van der Waals surface area contributed by atoms with Crippen molar-refractivity contribution in [2.45, 2.75) is 33.1 Å². The first-order valence-corrected chi connectivity index (χ1v) is 6.81. The van der Waals surface area contributed by atoms with E-state index in [1.165, 1.54) is 0 Å². The van der Waals surface area contributed by atoms with Crippen LogP contribution in [0.15, 0.2) is 0 Å². The number of aliphatic hydroxyl groups is 1. The minimum atomic E-state index is 0.159. The predicted octanol–water partition coefficient (Wildman–Crippen LogP) is 1.65. The SMILES string of the molecule is CCC(C)CC(=O)NCCSCCCO. The first-order chi connectivity index (χ1) is 7.20. The molecule has 0 saturated heterocycles. The normalized spacial score (nSPS) is 12.5. The minimum Gasteiger partial charge on any atom is -0.396 e. The standard InChI is InChI=1S/C11H23NO2S/c1-3-10(2)9-11(14)12-5-8-15-7-4-6-13/h10,13H,3-9H2,1-2H3,(H,12,14). The van der Waals surface area contributed by atoms with Crippen LogP contribution < -0.4 is 5.32 Å². The van der Waals surface area contributed by atoms with Crippen LogP contribution in [-0.4, -0.2) is 35.7 Å². The zero-order valence-electron chi connectivity index (χ0n) is 9.79. The van der Waals surface area contributed by atoms with Crippen molar-refractivity contribution in [3.8, 4) is 0 Å². The van der Waals surface area contributed by atoms with Crippen LogP contribution in [0.2, 0.25) is 0 Å². The summed E-state index contributed by atoms with van der Waals surface area (Å²) in [5.41, 5.74) is 0. The van der Waals surface area contributed by atoms with Crippen LogP contribution in [0, 0.1) is 5.92 Å². The van der Waals surface area contributed by atoms with Gasteiger partial charge in [0.2, 0.25) is 5.91 Å². The fourth-order valence-corrected chi connectivity index (χ4v) is 1.85. The van der Waals surface area contributed by atoms with Gasteiger partial charge < -0.3 is 10.4 Å². The van der Waals surface area contributed by atoms with Crippen molar-refractivity contribution in [2.24, 2.45) is 5.92 Å². The molecule has 1 atom stereocenters. The van der Waals surface area contributed by atoms with Crippen LogP contribution in [0.3, 0.4) is 0 Å². The average Bonchev–Trinajstić information content (AvgIpc) is 2.23. The summed E-state index contributed by atoms with van der Waals surface area (Å²) in [5, 5.41) is 11.5. The van der Waals surface area contributed by atoms with E-state index < -0.39 is 0 Å². The maximum Gasteiger partial charge on any atom is 0.220 e. The van der Waals surface area contributed by atoms with Gasteiger partial charge in [-0.1, -0.05) is 20.3 Å². The monoisotopic (exact) mass is 233 g/mol. The number of carbonyl (C=O) groups is 1. The molecule has 0 aliphatic heterocycles. The highest BCUT2D eigenvalue weighted by atomic mass is 32.2. The van der Waals surface area contributed by atoms with E-state index in [0.29, 0.717) is 12.3 Å². The molecule has 15 heavy (non-hydrogen) atoms. The first-order valence-electron chi connectivity index (χ1n) is 5.66. The van der Waals surface area contributed by atoms with Crippen molar-refractivity contribution < 1.29 is 9.90 Å². The highest BCUT2D eigenvalue weighted by molar-refractivity contribution is 7.99.